The summed E-state index contributed by atoms with van der Waals surface area (Å²) < 4.78 is 4.79. The second kappa shape index (κ2) is 3.64. The zero-order valence-electron chi connectivity index (χ0n) is 9.27. The number of aliphatic hydroxyl groups is 1. The maximum atomic E-state index is 9.81. The molecule has 3 N–H and O–H groups in total. The number of rotatable bonds is 2. The smallest absolute Gasteiger partial charge is 0.229 e. The first kappa shape index (κ1) is 10.7. The second-order valence-electron chi connectivity index (χ2n) is 4.24. The van der Waals surface area contributed by atoms with Crippen molar-refractivity contribution in [3.63, 3.8) is 0 Å². The van der Waals surface area contributed by atoms with Gasteiger partial charge in [0.1, 0.15) is 0 Å². The molecular formula is C12H14N2O2. The lowest BCUT2D eigenvalue weighted by molar-refractivity contribution is 0.0786. The van der Waals surface area contributed by atoms with Crippen LogP contribution in [0.25, 0.3) is 11.1 Å². The van der Waals surface area contributed by atoms with E-state index in [0.717, 1.165) is 16.7 Å². The van der Waals surface area contributed by atoms with Crippen molar-refractivity contribution < 1.29 is 9.63 Å². The minimum atomic E-state index is -0.835. The molecule has 1 aromatic carbocycles. The van der Waals surface area contributed by atoms with Crippen LogP contribution in [-0.2, 0) is 5.60 Å². The van der Waals surface area contributed by atoms with Crippen LogP contribution in [0.1, 0.15) is 19.4 Å². The van der Waals surface area contributed by atoms with Crippen LogP contribution in [0.4, 0.5) is 5.88 Å². The Labute approximate surface area is 93.7 Å². The van der Waals surface area contributed by atoms with Crippen LogP contribution in [0, 0.1) is 0 Å². The van der Waals surface area contributed by atoms with Crippen LogP contribution in [0.15, 0.2) is 35.0 Å². The van der Waals surface area contributed by atoms with E-state index in [0.29, 0.717) is 5.88 Å². The molecule has 0 radical (unpaired) electrons. The maximum absolute atomic E-state index is 9.81. The van der Waals surface area contributed by atoms with Gasteiger partial charge in [0.15, 0.2) is 0 Å². The topological polar surface area (TPSA) is 72.3 Å². The maximum Gasteiger partial charge on any atom is 0.229 e. The van der Waals surface area contributed by atoms with Gasteiger partial charge in [-0.2, -0.15) is 0 Å². The van der Waals surface area contributed by atoms with Gasteiger partial charge in [-0.25, -0.2) is 0 Å². The minimum Gasteiger partial charge on any atom is -0.386 e. The summed E-state index contributed by atoms with van der Waals surface area (Å²) in [5.74, 6) is 0.302. The van der Waals surface area contributed by atoms with Crippen molar-refractivity contribution in [3.05, 3.63) is 36.0 Å². The summed E-state index contributed by atoms with van der Waals surface area (Å²) >= 11 is 0. The first-order chi connectivity index (χ1) is 7.48. The molecule has 1 heterocycles. The van der Waals surface area contributed by atoms with E-state index in [2.05, 4.69) is 5.16 Å². The molecule has 0 aliphatic heterocycles. The molecule has 0 fully saturated rings. The molecule has 2 rings (SSSR count). The number of benzene rings is 1. The third-order valence-electron chi connectivity index (χ3n) is 2.50. The Morgan fingerprint density at radius 1 is 1.25 bits per heavy atom. The highest BCUT2D eigenvalue weighted by Gasteiger charge is 2.16. The number of nitrogen functional groups attached to an aromatic ring is 1. The van der Waals surface area contributed by atoms with E-state index >= 15 is 0 Å². The lowest BCUT2D eigenvalue weighted by Gasteiger charge is -2.17. The first-order valence-corrected chi connectivity index (χ1v) is 5.02. The van der Waals surface area contributed by atoms with Gasteiger partial charge in [-0.15, -0.1) is 0 Å². The summed E-state index contributed by atoms with van der Waals surface area (Å²) in [6.45, 7) is 3.49. The van der Waals surface area contributed by atoms with E-state index in [-0.39, 0.29) is 0 Å². The fourth-order valence-corrected chi connectivity index (χ4v) is 1.52. The van der Waals surface area contributed by atoms with Crippen molar-refractivity contribution in [1.29, 1.82) is 0 Å². The average Bonchev–Trinajstić information content (AvgIpc) is 2.63. The summed E-state index contributed by atoms with van der Waals surface area (Å²) in [6, 6.07) is 7.50. The lowest BCUT2D eigenvalue weighted by atomic mass is 9.96. The minimum absolute atomic E-state index is 0.302. The van der Waals surface area contributed by atoms with Gasteiger partial charge < -0.3 is 15.4 Å². The Morgan fingerprint density at radius 2 is 1.88 bits per heavy atom. The molecule has 2 aromatic rings. The largest absolute Gasteiger partial charge is 0.386 e. The van der Waals surface area contributed by atoms with Crippen molar-refractivity contribution in [2.24, 2.45) is 0 Å². The van der Waals surface area contributed by atoms with E-state index < -0.39 is 5.60 Å². The monoisotopic (exact) mass is 218 g/mol. The Bertz CT molecular complexity index is 480. The third kappa shape index (κ3) is 1.92. The molecule has 0 saturated carbocycles. The van der Waals surface area contributed by atoms with Gasteiger partial charge in [-0.1, -0.05) is 29.4 Å². The highest BCUT2D eigenvalue weighted by atomic mass is 16.5. The van der Waals surface area contributed by atoms with Gasteiger partial charge in [0.2, 0.25) is 5.88 Å². The predicted molar refractivity (Wildman–Crippen MR) is 61.6 cm³/mol. The molecule has 0 aliphatic carbocycles. The fraction of sp³-hybridized carbons (Fsp3) is 0.250. The molecule has 4 heteroatoms. The van der Waals surface area contributed by atoms with Gasteiger partial charge in [0.25, 0.3) is 0 Å². The number of hydrogen-bond donors (Lipinski definition) is 2. The number of hydrogen-bond acceptors (Lipinski definition) is 4. The van der Waals surface area contributed by atoms with Gasteiger partial charge in [-0.3, -0.25) is 0 Å². The van der Waals surface area contributed by atoms with Crippen LogP contribution in [0.3, 0.4) is 0 Å². The summed E-state index contributed by atoms with van der Waals surface area (Å²) in [5, 5.41) is 13.4. The molecule has 16 heavy (non-hydrogen) atoms. The Balaban J connectivity index is 2.37. The quantitative estimate of drug-likeness (QED) is 0.810. The molecule has 4 nitrogen and oxygen atoms in total. The average molecular weight is 218 g/mol. The highest BCUT2D eigenvalue weighted by molar-refractivity contribution is 5.71. The van der Waals surface area contributed by atoms with Gasteiger partial charge in [0.05, 0.1) is 17.4 Å². The zero-order chi connectivity index (χ0) is 11.8. The van der Waals surface area contributed by atoms with Gasteiger partial charge >= 0.3 is 0 Å². The van der Waals surface area contributed by atoms with E-state index in [1.165, 1.54) is 0 Å². The van der Waals surface area contributed by atoms with Crippen LogP contribution in [0.5, 0.6) is 0 Å². The summed E-state index contributed by atoms with van der Waals surface area (Å²) in [5.41, 5.74) is 7.33. The van der Waals surface area contributed by atoms with E-state index in [1.807, 2.05) is 24.3 Å². The normalized spacial score (nSPS) is 11.7. The predicted octanol–water partition coefficient (Wildman–Crippen LogP) is 2.15. The van der Waals surface area contributed by atoms with Crippen molar-refractivity contribution in [1.82, 2.24) is 5.16 Å². The van der Waals surface area contributed by atoms with E-state index in [4.69, 9.17) is 10.3 Å². The molecule has 0 aliphatic rings. The molecule has 0 saturated heterocycles. The van der Waals surface area contributed by atoms with Crippen molar-refractivity contribution in [2.75, 3.05) is 5.73 Å². The third-order valence-corrected chi connectivity index (χ3v) is 2.50. The molecule has 0 spiro atoms. The summed E-state index contributed by atoms with van der Waals surface area (Å²) in [4.78, 5) is 0. The highest BCUT2D eigenvalue weighted by Crippen LogP contribution is 2.27. The Morgan fingerprint density at radius 3 is 2.31 bits per heavy atom. The fourth-order valence-electron chi connectivity index (χ4n) is 1.52. The first-order valence-electron chi connectivity index (χ1n) is 5.02. The summed E-state index contributed by atoms with van der Waals surface area (Å²) in [6.07, 6.45) is 1.58. The Kier molecular flexibility index (Phi) is 2.44. The van der Waals surface area contributed by atoms with Crippen LogP contribution in [-0.4, -0.2) is 10.3 Å². The SMILES string of the molecule is CC(C)(O)c1ccc(-c2cnoc2N)cc1. The van der Waals surface area contributed by atoms with Crippen molar-refractivity contribution >= 4 is 5.88 Å². The molecular weight excluding hydrogens is 204 g/mol. The van der Waals surface area contributed by atoms with E-state index in [9.17, 15) is 5.11 Å². The second-order valence-corrected chi connectivity index (χ2v) is 4.24. The van der Waals surface area contributed by atoms with Gasteiger partial charge in [-0.05, 0) is 25.0 Å². The molecule has 0 amide bonds. The summed E-state index contributed by atoms with van der Waals surface area (Å²) in [7, 11) is 0. The molecule has 84 valence electrons. The standard InChI is InChI=1S/C12H14N2O2/c1-12(2,15)9-5-3-8(4-6-9)10-7-14-16-11(10)13/h3-7,15H,13H2,1-2H3. The number of nitrogens with two attached hydrogens (primary N) is 1. The number of nitrogens with zero attached hydrogens (tertiary/aromatic N) is 1. The van der Waals surface area contributed by atoms with Gasteiger partial charge in [0, 0.05) is 0 Å². The van der Waals surface area contributed by atoms with Crippen LogP contribution < -0.4 is 5.73 Å². The number of aromatic nitrogens is 1. The van der Waals surface area contributed by atoms with Crippen molar-refractivity contribution in [3.8, 4) is 11.1 Å². The Hall–Kier alpha value is -1.81. The molecule has 1 aromatic heterocycles. The van der Waals surface area contributed by atoms with Crippen LogP contribution in [0.2, 0.25) is 0 Å². The zero-order valence-corrected chi connectivity index (χ0v) is 9.27. The molecule has 0 unspecified atom stereocenters. The van der Waals surface area contributed by atoms with E-state index in [1.54, 1.807) is 20.0 Å². The van der Waals surface area contributed by atoms with Crippen LogP contribution >= 0.6 is 0 Å². The molecule has 0 bridgehead atoms. The molecule has 0 atom stereocenters. The van der Waals surface area contributed by atoms with Crippen molar-refractivity contribution in [2.45, 2.75) is 19.4 Å². The number of anilines is 1. The lowest BCUT2D eigenvalue weighted by Crippen LogP contribution is -2.14.